The molecule has 0 bridgehead atoms. The van der Waals surface area contributed by atoms with E-state index in [1.807, 2.05) is 14.0 Å². The van der Waals surface area contributed by atoms with Gasteiger partial charge >= 0.3 is 0 Å². The molecule has 0 aromatic rings. The molecule has 0 spiro atoms. The fourth-order valence-corrected chi connectivity index (χ4v) is 0.319. The molecule has 0 aliphatic heterocycles. The predicted octanol–water partition coefficient (Wildman–Crippen LogP) is 1.66. The van der Waals surface area contributed by atoms with Crippen molar-refractivity contribution in [3.8, 4) is 0 Å². The van der Waals surface area contributed by atoms with Crippen molar-refractivity contribution >= 4 is 0 Å². The number of hydrogen-bond acceptors (Lipinski definition) is 2. The van der Waals surface area contributed by atoms with Gasteiger partial charge in [0.2, 0.25) is 0 Å². The molecule has 2 nitrogen and oxygen atoms in total. The summed E-state index contributed by atoms with van der Waals surface area (Å²) in [5, 5.41) is 2.98. The second-order valence-corrected chi connectivity index (χ2v) is 2.01. The van der Waals surface area contributed by atoms with Crippen molar-refractivity contribution in [2.75, 3.05) is 26.8 Å². The van der Waals surface area contributed by atoms with E-state index >= 15 is 0 Å². The van der Waals surface area contributed by atoms with Gasteiger partial charge in [-0.15, -0.1) is 0 Å². The Balaban J connectivity index is 0. The van der Waals surface area contributed by atoms with Crippen LogP contribution in [0.2, 0.25) is 0 Å². The van der Waals surface area contributed by atoms with Crippen LogP contribution in [-0.4, -0.2) is 26.8 Å². The van der Waals surface area contributed by atoms with Gasteiger partial charge in [-0.3, -0.25) is 0 Å². The maximum atomic E-state index is 5.01. The van der Waals surface area contributed by atoms with Crippen molar-refractivity contribution in [2.45, 2.75) is 27.2 Å². The van der Waals surface area contributed by atoms with Gasteiger partial charge in [0.15, 0.2) is 0 Å². The molecule has 10 heavy (non-hydrogen) atoms. The van der Waals surface area contributed by atoms with Gasteiger partial charge in [0, 0.05) is 13.2 Å². The molecule has 0 aliphatic carbocycles. The molecule has 0 fully saturated rings. The molecule has 0 rings (SSSR count). The normalized spacial score (nSPS) is 8.40. The monoisotopic (exact) mass is 147 g/mol. The predicted molar refractivity (Wildman–Crippen MR) is 46.4 cm³/mol. The summed E-state index contributed by atoms with van der Waals surface area (Å²) in [6.45, 7) is 8.85. The minimum atomic E-state index is 0.821. The molecule has 0 saturated carbocycles. The van der Waals surface area contributed by atoms with E-state index in [1.165, 1.54) is 6.42 Å². The van der Waals surface area contributed by atoms with E-state index in [0.29, 0.717) is 0 Å². The third-order valence-electron chi connectivity index (χ3n) is 0.701. The zero-order valence-electron chi connectivity index (χ0n) is 7.74. The zero-order valence-corrected chi connectivity index (χ0v) is 7.74. The molecule has 64 valence electrons. The summed E-state index contributed by atoms with van der Waals surface area (Å²) in [6, 6.07) is 0. The van der Waals surface area contributed by atoms with Gasteiger partial charge in [-0.05, 0) is 14.0 Å². The van der Waals surface area contributed by atoms with Crippen molar-refractivity contribution < 1.29 is 4.74 Å². The SMILES string of the molecule is CCC.CCOCCNC. The average molecular weight is 147 g/mol. The van der Waals surface area contributed by atoms with Crippen molar-refractivity contribution in [2.24, 2.45) is 0 Å². The summed E-state index contributed by atoms with van der Waals surface area (Å²) in [7, 11) is 1.92. The topological polar surface area (TPSA) is 21.3 Å². The standard InChI is InChI=1S/C5H13NO.C3H8/c1-3-7-5-4-6-2;1-3-2/h6H,3-5H2,1-2H3;3H2,1-2H3. The highest BCUT2D eigenvalue weighted by Crippen LogP contribution is 1.67. The first-order chi connectivity index (χ1) is 4.83. The Hall–Kier alpha value is -0.0800. The minimum Gasteiger partial charge on any atom is -0.380 e. The van der Waals surface area contributed by atoms with Gasteiger partial charge in [-0.1, -0.05) is 20.3 Å². The summed E-state index contributed by atoms with van der Waals surface area (Å²) in [5.41, 5.74) is 0. The summed E-state index contributed by atoms with van der Waals surface area (Å²) in [6.07, 6.45) is 1.25. The number of ether oxygens (including phenoxy) is 1. The minimum absolute atomic E-state index is 0.821. The molecular weight excluding hydrogens is 126 g/mol. The molecule has 0 aliphatic rings. The maximum absolute atomic E-state index is 5.01. The average Bonchev–Trinajstić information content (AvgIpc) is 1.91. The van der Waals surface area contributed by atoms with E-state index in [4.69, 9.17) is 4.74 Å². The van der Waals surface area contributed by atoms with Crippen molar-refractivity contribution in [3.63, 3.8) is 0 Å². The van der Waals surface area contributed by atoms with Crippen LogP contribution in [0.3, 0.4) is 0 Å². The Morgan fingerprint density at radius 1 is 1.20 bits per heavy atom. The number of nitrogens with one attached hydrogen (secondary N) is 1. The smallest absolute Gasteiger partial charge is 0.0590 e. The van der Waals surface area contributed by atoms with Gasteiger partial charge in [0.1, 0.15) is 0 Å². The Morgan fingerprint density at radius 2 is 1.70 bits per heavy atom. The molecule has 0 aromatic carbocycles. The summed E-state index contributed by atoms with van der Waals surface area (Å²) >= 11 is 0. The second-order valence-electron chi connectivity index (χ2n) is 2.01. The Morgan fingerprint density at radius 3 is 2.00 bits per heavy atom. The molecule has 0 aromatic heterocycles. The molecule has 0 saturated heterocycles. The lowest BCUT2D eigenvalue weighted by molar-refractivity contribution is 0.151. The fraction of sp³-hybridized carbons (Fsp3) is 1.00. The molecule has 0 amide bonds. The Bertz CT molecular complexity index is 36.2. The lowest BCUT2D eigenvalue weighted by atomic mass is 10.6. The van der Waals surface area contributed by atoms with Crippen LogP contribution in [0.15, 0.2) is 0 Å². The van der Waals surface area contributed by atoms with Crippen LogP contribution >= 0.6 is 0 Å². The molecule has 0 radical (unpaired) electrons. The van der Waals surface area contributed by atoms with Crippen LogP contribution in [0.25, 0.3) is 0 Å². The molecule has 0 atom stereocenters. The lowest BCUT2D eigenvalue weighted by Crippen LogP contribution is -2.13. The van der Waals surface area contributed by atoms with E-state index in [2.05, 4.69) is 19.2 Å². The zero-order chi connectivity index (χ0) is 8.24. The van der Waals surface area contributed by atoms with E-state index in [9.17, 15) is 0 Å². The largest absolute Gasteiger partial charge is 0.380 e. The van der Waals surface area contributed by atoms with E-state index in [-0.39, 0.29) is 0 Å². The number of rotatable bonds is 4. The molecule has 2 heteroatoms. The van der Waals surface area contributed by atoms with Gasteiger partial charge in [-0.25, -0.2) is 0 Å². The maximum Gasteiger partial charge on any atom is 0.0590 e. The third-order valence-corrected chi connectivity index (χ3v) is 0.701. The van der Waals surface area contributed by atoms with Crippen LogP contribution in [0.5, 0.6) is 0 Å². The van der Waals surface area contributed by atoms with Crippen molar-refractivity contribution in [1.29, 1.82) is 0 Å². The first-order valence-corrected chi connectivity index (χ1v) is 4.05. The van der Waals surface area contributed by atoms with E-state index in [0.717, 1.165) is 19.8 Å². The molecule has 0 unspecified atom stereocenters. The quantitative estimate of drug-likeness (QED) is 0.611. The van der Waals surface area contributed by atoms with Crippen LogP contribution in [0.1, 0.15) is 27.2 Å². The Kier molecular flexibility index (Phi) is 20.1. The fourth-order valence-electron chi connectivity index (χ4n) is 0.319. The highest BCUT2D eigenvalue weighted by atomic mass is 16.5. The lowest BCUT2D eigenvalue weighted by Gasteiger charge is -1.96. The van der Waals surface area contributed by atoms with Crippen LogP contribution in [-0.2, 0) is 4.74 Å². The van der Waals surface area contributed by atoms with Crippen LogP contribution in [0.4, 0.5) is 0 Å². The van der Waals surface area contributed by atoms with E-state index < -0.39 is 0 Å². The van der Waals surface area contributed by atoms with E-state index in [1.54, 1.807) is 0 Å². The second kappa shape index (κ2) is 16.0. The van der Waals surface area contributed by atoms with Crippen molar-refractivity contribution in [1.82, 2.24) is 5.32 Å². The van der Waals surface area contributed by atoms with Crippen LogP contribution < -0.4 is 5.32 Å². The summed E-state index contributed by atoms with van der Waals surface area (Å²) in [4.78, 5) is 0. The molecular formula is C8H21NO. The van der Waals surface area contributed by atoms with Crippen LogP contribution in [0, 0.1) is 0 Å². The first kappa shape index (κ1) is 12.6. The summed E-state index contributed by atoms with van der Waals surface area (Å²) < 4.78 is 5.01. The van der Waals surface area contributed by atoms with Gasteiger partial charge in [0.25, 0.3) is 0 Å². The first-order valence-electron chi connectivity index (χ1n) is 4.05. The number of likely N-dealkylation sites (N-methyl/N-ethyl adjacent to an activating group) is 1. The van der Waals surface area contributed by atoms with Gasteiger partial charge in [0.05, 0.1) is 6.61 Å². The summed E-state index contributed by atoms with van der Waals surface area (Å²) in [5.74, 6) is 0. The van der Waals surface area contributed by atoms with Crippen molar-refractivity contribution in [3.05, 3.63) is 0 Å². The Labute approximate surface area is 65.0 Å². The van der Waals surface area contributed by atoms with Gasteiger partial charge in [-0.2, -0.15) is 0 Å². The highest BCUT2D eigenvalue weighted by Gasteiger charge is 1.77. The van der Waals surface area contributed by atoms with Gasteiger partial charge < -0.3 is 10.1 Å². The number of hydrogen-bond donors (Lipinski definition) is 1. The highest BCUT2D eigenvalue weighted by molar-refractivity contribution is 4.32. The molecule has 1 N–H and O–H groups in total. The molecule has 0 heterocycles. The third kappa shape index (κ3) is 24.7.